The van der Waals surface area contributed by atoms with E-state index in [1.165, 1.54) is 0 Å². The van der Waals surface area contributed by atoms with Crippen LogP contribution < -0.4 is 4.90 Å². The second-order valence-corrected chi connectivity index (χ2v) is 4.95. The van der Waals surface area contributed by atoms with Crippen LogP contribution in [0.15, 0.2) is 18.2 Å². The first-order valence-corrected chi connectivity index (χ1v) is 6.11. The van der Waals surface area contributed by atoms with E-state index in [0.29, 0.717) is 22.8 Å². The minimum atomic E-state index is -0.858. The number of hydrogen-bond acceptors (Lipinski definition) is 3. The van der Waals surface area contributed by atoms with Crippen LogP contribution >= 0.6 is 11.6 Å². The lowest BCUT2D eigenvalue weighted by Crippen LogP contribution is -2.39. The number of carbonyl (C=O) groups is 1. The predicted octanol–water partition coefficient (Wildman–Crippen LogP) is 2.51. The Kier molecular flexibility index (Phi) is 3.44. The normalized spacial score (nSPS) is 22.8. The zero-order chi connectivity index (χ0) is 13.3. The highest BCUT2D eigenvalue weighted by Gasteiger charge is 2.37. The number of rotatable bonds is 2. The average Bonchev–Trinajstić information content (AvgIpc) is 2.71. The molecule has 1 saturated heterocycles. The molecule has 0 bridgehead atoms. The highest BCUT2D eigenvalue weighted by Crippen LogP contribution is 2.33. The number of nitrogens with zero attached hydrogens (tertiary/aromatic N) is 2. The summed E-state index contributed by atoms with van der Waals surface area (Å²) in [5.74, 6) is -0.795. The first-order chi connectivity index (χ1) is 8.54. The molecule has 1 aromatic carbocycles. The molecular formula is C13H13ClN2O2. The summed E-state index contributed by atoms with van der Waals surface area (Å²) in [6.45, 7) is 2.54. The maximum atomic E-state index is 11.3. The van der Waals surface area contributed by atoms with Crippen LogP contribution in [-0.4, -0.2) is 23.7 Å². The molecule has 2 unspecified atom stereocenters. The molecule has 1 aliphatic heterocycles. The van der Waals surface area contributed by atoms with Gasteiger partial charge in [-0.05, 0) is 30.5 Å². The van der Waals surface area contributed by atoms with Gasteiger partial charge < -0.3 is 10.0 Å². The van der Waals surface area contributed by atoms with Gasteiger partial charge >= 0.3 is 5.97 Å². The van der Waals surface area contributed by atoms with E-state index in [-0.39, 0.29) is 5.92 Å². The fraction of sp³-hybridized carbons (Fsp3) is 0.385. The van der Waals surface area contributed by atoms with Crippen LogP contribution in [0.4, 0.5) is 5.69 Å². The molecule has 1 N–H and O–H groups in total. The van der Waals surface area contributed by atoms with Gasteiger partial charge in [0, 0.05) is 11.6 Å². The molecular weight excluding hydrogens is 252 g/mol. The van der Waals surface area contributed by atoms with Crippen molar-refractivity contribution < 1.29 is 9.90 Å². The molecule has 1 aromatic rings. The fourth-order valence-corrected chi connectivity index (χ4v) is 2.60. The summed E-state index contributed by atoms with van der Waals surface area (Å²) in [6.07, 6.45) is 0.800. The molecule has 94 valence electrons. The number of hydrogen-bond donors (Lipinski definition) is 1. The van der Waals surface area contributed by atoms with E-state index in [4.69, 9.17) is 16.9 Å². The lowest BCUT2D eigenvalue weighted by Gasteiger charge is -2.26. The standard InChI is InChI=1S/C13H13ClN2O2/c1-8-4-5-16(12(8)13(17)18)11-6-10(14)3-2-9(11)7-15/h2-3,6,8,12H,4-5H2,1H3,(H,17,18). The van der Waals surface area contributed by atoms with Crippen LogP contribution in [0.25, 0.3) is 0 Å². The van der Waals surface area contributed by atoms with Crippen LogP contribution in [0.3, 0.4) is 0 Å². The van der Waals surface area contributed by atoms with Crippen molar-refractivity contribution in [1.29, 1.82) is 5.26 Å². The van der Waals surface area contributed by atoms with Gasteiger partial charge in [0.1, 0.15) is 12.1 Å². The highest BCUT2D eigenvalue weighted by atomic mass is 35.5. The monoisotopic (exact) mass is 264 g/mol. The summed E-state index contributed by atoms with van der Waals surface area (Å²) in [4.78, 5) is 13.1. The zero-order valence-corrected chi connectivity index (χ0v) is 10.7. The van der Waals surface area contributed by atoms with Crippen molar-refractivity contribution >= 4 is 23.3 Å². The first-order valence-electron chi connectivity index (χ1n) is 5.73. The van der Waals surface area contributed by atoms with Crippen molar-refractivity contribution in [3.8, 4) is 6.07 Å². The lowest BCUT2D eigenvalue weighted by molar-refractivity contribution is -0.139. The minimum Gasteiger partial charge on any atom is -0.480 e. The molecule has 2 rings (SSSR count). The predicted molar refractivity (Wildman–Crippen MR) is 68.7 cm³/mol. The molecule has 0 radical (unpaired) electrons. The second-order valence-electron chi connectivity index (χ2n) is 4.52. The topological polar surface area (TPSA) is 64.3 Å². The van der Waals surface area contributed by atoms with Crippen LogP contribution in [0.2, 0.25) is 5.02 Å². The van der Waals surface area contributed by atoms with E-state index in [0.717, 1.165) is 6.42 Å². The van der Waals surface area contributed by atoms with E-state index in [2.05, 4.69) is 6.07 Å². The van der Waals surface area contributed by atoms with Gasteiger partial charge in [0.15, 0.2) is 0 Å². The zero-order valence-electron chi connectivity index (χ0n) is 9.93. The SMILES string of the molecule is CC1CCN(c2cc(Cl)ccc2C#N)C1C(=O)O. The quantitative estimate of drug-likeness (QED) is 0.891. The molecule has 0 spiro atoms. The molecule has 4 nitrogen and oxygen atoms in total. The third-order valence-electron chi connectivity index (χ3n) is 3.34. The Morgan fingerprint density at radius 1 is 1.61 bits per heavy atom. The Labute approximate surface area is 110 Å². The summed E-state index contributed by atoms with van der Waals surface area (Å²) < 4.78 is 0. The molecule has 0 amide bonds. The molecule has 1 aliphatic rings. The molecule has 0 aromatic heterocycles. The maximum Gasteiger partial charge on any atom is 0.326 e. The van der Waals surface area contributed by atoms with Gasteiger partial charge in [0.05, 0.1) is 11.3 Å². The van der Waals surface area contributed by atoms with Crippen LogP contribution in [0.5, 0.6) is 0 Å². The van der Waals surface area contributed by atoms with Crippen molar-refractivity contribution in [2.75, 3.05) is 11.4 Å². The molecule has 0 aliphatic carbocycles. The van der Waals surface area contributed by atoms with Crippen molar-refractivity contribution in [2.24, 2.45) is 5.92 Å². The summed E-state index contributed by atoms with van der Waals surface area (Å²) >= 11 is 5.93. The average molecular weight is 265 g/mol. The lowest BCUT2D eigenvalue weighted by atomic mass is 10.0. The van der Waals surface area contributed by atoms with Crippen LogP contribution in [0, 0.1) is 17.2 Å². The Morgan fingerprint density at radius 3 is 2.94 bits per heavy atom. The van der Waals surface area contributed by atoms with E-state index in [1.54, 1.807) is 23.1 Å². The number of anilines is 1. The molecule has 18 heavy (non-hydrogen) atoms. The van der Waals surface area contributed by atoms with Crippen molar-refractivity contribution in [1.82, 2.24) is 0 Å². The first kappa shape index (κ1) is 12.7. The molecule has 0 saturated carbocycles. The van der Waals surface area contributed by atoms with Crippen molar-refractivity contribution in [3.05, 3.63) is 28.8 Å². The summed E-state index contributed by atoms with van der Waals surface area (Å²) in [5, 5.41) is 18.9. The third kappa shape index (κ3) is 2.14. The maximum absolute atomic E-state index is 11.3. The van der Waals surface area contributed by atoms with Gasteiger partial charge in [-0.1, -0.05) is 18.5 Å². The van der Waals surface area contributed by atoms with Gasteiger partial charge in [-0.15, -0.1) is 0 Å². The van der Waals surface area contributed by atoms with E-state index >= 15 is 0 Å². The Balaban J connectivity index is 2.45. The molecule has 2 atom stereocenters. The van der Waals surface area contributed by atoms with E-state index in [1.807, 2.05) is 6.92 Å². The van der Waals surface area contributed by atoms with Gasteiger partial charge in [-0.2, -0.15) is 5.26 Å². The second kappa shape index (κ2) is 4.87. The van der Waals surface area contributed by atoms with Crippen LogP contribution in [0.1, 0.15) is 18.9 Å². The summed E-state index contributed by atoms with van der Waals surface area (Å²) in [7, 11) is 0. The van der Waals surface area contributed by atoms with Gasteiger partial charge in [-0.3, -0.25) is 0 Å². The third-order valence-corrected chi connectivity index (χ3v) is 3.58. The molecule has 1 fully saturated rings. The summed E-state index contributed by atoms with van der Waals surface area (Å²) in [6, 6.07) is 6.42. The van der Waals surface area contributed by atoms with E-state index < -0.39 is 12.0 Å². The van der Waals surface area contributed by atoms with Gasteiger partial charge in [-0.25, -0.2) is 4.79 Å². The van der Waals surface area contributed by atoms with Crippen LogP contribution in [-0.2, 0) is 4.79 Å². The largest absolute Gasteiger partial charge is 0.480 e. The number of nitriles is 1. The Morgan fingerprint density at radius 2 is 2.33 bits per heavy atom. The number of benzene rings is 1. The highest BCUT2D eigenvalue weighted by molar-refractivity contribution is 6.30. The van der Waals surface area contributed by atoms with Gasteiger partial charge in [0.2, 0.25) is 0 Å². The smallest absolute Gasteiger partial charge is 0.326 e. The number of aliphatic carboxylic acids is 1. The van der Waals surface area contributed by atoms with E-state index in [9.17, 15) is 9.90 Å². The van der Waals surface area contributed by atoms with Crippen molar-refractivity contribution in [3.63, 3.8) is 0 Å². The number of carboxylic acids is 1. The molecule has 5 heteroatoms. The minimum absolute atomic E-state index is 0.0630. The summed E-state index contributed by atoms with van der Waals surface area (Å²) in [5.41, 5.74) is 1.07. The van der Waals surface area contributed by atoms with Gasteiger partial charge in [0.25, 0.3) is 0 Å². The fourth-order valence-electron chi connectivity index (χ4n) is 2.43. The Hall–Kier alpha value is -1.73. The Bertz CT molecular complexity index is 524. The molecule has 1 heterocycles. The number of halogens is 1. The number of carboxylic acid groups (broad SMARTS) is 1. The van der Waals surface area contributed by atoms with Crippen molar-refractivity contribution in [2.45, 2.75) is 19.4 Å².